The number of benzene rings is 2. The molecule has 0 aliphatic rings. The first-order valence-corrected chi connectivity index (χ1v) is 7.29. The molecule has 0 atom stereocenters. The molecule has 128 valence electrons. The highest BCUT2D eigenvalue weighted by molar-refractivity contribution is 5.35. The highest BCUT2D eigenvalue weighted by Crippen LogP contribution is 1.96. The van der Waals surface area contributed by atoms with E-state index in [1.165, 1.54) is 12.0 Å². The summed E-state index contributed by atoms with van der Waals surface area (Å²) in [5.74, 6) is 0. The highest BCUT2D eigenvalue weighted by atomic mass is 14.5. The average Bonchev–Trinajstić information content (AvgIpc) is 2.52. The highest BCUT2D eigenvalue weighted by Gasteiger charge is 1.80. The van der Waals surface area contributed by atoms with Gasteiger partial charge >= 0.3 is 0 Å². The molecule has 0 aromatic heterocycles. The molecule has 0 unspecified atom stereocenters. The van der Waals surface area contributed by atoms with Crippen molar-refractivity contribution in [3.8, 4) is 0 Å². The maximum atomic E-state index is 5.36. The van der Waals surface area contributed by atoms with Crippen LogP contribution in [0.5, 0.6) is 0 Å². The molecule has 0 fully saturated rings. The fraction of sp³-hybridized carbons (Fsp3) is 0.400. The van der Waals surface area contributed by atoms with E-state index in [4.69, 9.17) is 11.5 Å². The first kappa shape index (κ1) is 28.4. The topological polar surface area (TPSA) is 52.0 Å². The zero-order valence-corrected chi connectivity index (χ0v) is 13.3. The third kappa shape index (κ3) is 20.5. The van der Waals surface area contributed by atoms with Crippen LogP contribution < -0.4 is 11.5 Å². The van der Waals surface area contributed by atoms with E-state index in [1.807, 2.05) is 74.5 Å². The van der Waals surface area contributed by atoms with Gasteiger partial charge in [0.1, 0.15) is 0 Å². The third-order valence-electron chi connectivity index (χ3n) is 1.88. The van der Waals surface area contributed by atoms with Crippen molar-refractivity contribution in [1.29, 1.82) is 0 Å². The third-order valence-corrected chi connectivity index (χ3v) is 1.88. The number of para-hydroxylation sites is 1. The van der Waals surface area contributed by atoms with Crippen LogP contribution in [0.15, 0.2) is 60.7 Å². The van der Waals surface area contributed by atoms with Crippen molar-refractivity contribution >= 4 is 5.69 Å². The van der Waals surface area contributed by atoms with Crippen molar-refractivity contribution in [3.63, 3.8) is 0 Å². The van der Waals surface area contributed by atoms with E-state index >= 15 is 0 Å². The van der Waals surface area contributed by atoms with E-state index in [2.05, 4.69) is 13.8 Å². The van der Waals surface area contributed by atoms with Gasteiger partial charge in [-0.25, -0.2) is 0 Å². The molecule has 2 nitrogen and oxygen atoms in total. The molecule has 2 aromatic rings. The Kier molecular flexibility index (Phi) is 31.3. The van der Waals surface area contributed by atoms with Gasteiger partial charge in [-0.15, -0.1) is 0 Å². The summed E-state index contributed by atoms with van der Waals surface area (Å²) in [6, 6.07) is 19.5. The molecule has 0 spiro atoms. The van der Waals surface area contributed by atoms with Crippen molar-refractivity contribution < 1.29 is 0 Å². The maximum Gasteiger partial charge on any atom is 0.0313 e. The predicted molar refractivity (Wildman–Crippen MR) is 106 cm³/mol. The van der Waals surface area contributed by atoms with Gasteiger partial charge in [0.05, 0.1) is 0 Å². The molecule has 0 saturated carbocycles. The molecule has 0 saturated heterocycles. The number of rotatable bonds is 1. The quantitative estimate of drug-likeness (QED) is 0.623. The number of hydrogen-bond donors (Lipinski definition) is 2. The fourth-order valence-corrected chi connectivity index (χ4v) is 1.07. The zero-order valence-electron chi connectivity index (χ0n) is 13.3. The van der Waals surface area contributed by atoms with Crippen molar-refractivity contribution in [3.05, 3.63) is 66.2 Å². The van der Waals surface area contributed by atoms with E-state index in [0.29, 0.717) is 6.54 Å². The second-order valence-electron chi connectivity index (χ2n) is 3.81. The monoisotopic (exact) mass is 306 g/mol. The zero-order chi connectivity index (χ0) is 15.6. The Morgan fingerprint density at radius 1 is 0.727 bits per heavy atom. The SMILES string of the molecule is C.C.CC.CCC.NCc1ccccc1.Nc1ccccc1. The van der Waals surface area contributed by atoms with Crippen LogP contribution in [0.3, 0.4) is 0 Å². The van der Waals surface area contributed by atoms with Gasteiger partial charge in [0.15, 0.2) is 0 Å². The Morgan fingerprint density at radius 2 is 1.05 bits per heavy atom. The second kappa shape index (κ2) is 24.2. The van der Waals surface area contributed by atoms with Crippen LogP contribution in [0.1, 0.15) is 54.5 Å². The van der Waals surface area contributed by atoms with Crippen LogP contribution in [-0.2, 0) is 6.54 Å². The molecule has 2 aromatic carbocycles. The number of nitrogen functional groups attached to an aromatic ring is 1. The van der Waals surface area contributed by atoms with Crippen LogP contribution in [0.2, 0.25) is 0 Å². The average molecular weight is 307 g/mol. The summed E-state index contributed by atoms with van der Waals surface area (Å²) in [4.78, 5) is 0. The summed E-state index contributed by atoms with van der Waals surface area (Å²) in [6.07, 6.45) is 1.25. The Bertz CT molecular complexity index is 371. The molecule has 0 bridgehead atoms. The van der Waals surface area contributed by atoms with E-state index in [9.17, 15) is 0 Å². The molecule has 0 aliphatic carbocycles. The second-order valence-corrected chi connectivity index (χ2v) is 3.81. The minimum absolute atomic E-state index is 0. The van der Waals surface area contributed by atoms with E-state index in [1.54, 1.807) is 0 Å². The standard InChI is InChI=1S/C7H9N.C6H7N.C3H8.C2H6.2CH4/c8-6-7-4-2-1-3-5-7;7-6-4-2-1-3-5-6;1-3-2;1-2;;/h1-5H,6,8H2;1-5H,7H2;3H2,1-2H3;1-2H3;2*1H4. The van der Waals surface area contributed by atoms with Crippen molar-refractivity contribution in [2.24, 2.45) is 5.73 Å². The molecule has 2 heteroatoms. The summed E-state index contributed by atoms with van der Waals surface area (Å²) in [5, 5.41) is 0. The summed E-state index contributed by atoms with van der Waals surface area (Å²) in [5.41, 5.74) is 12.7. The molecule has 0 aliphatic heterocycles. The molecule has 0 amide bonds. The van der Waals surface area contributed by atoms with Gasteiger partial charge in [-0.2, -0.15) is 0 Å². The lowest BCUT2D eigenvalue weighted by Crippen LogP contribution is -1.94. The van der Waals surface area contributed by atoms with Gasteiger partial charge in [0.2, 0.25) is 0 Å². The van der Waals surface area contributed by atoms with Crippen LogP contribution >= 0.6 is 0 Å². The van der Waals surface area contributed by atoms with Gasteiger partial charge in [-0.1, -0.05) is 97.5 Å². The van der Waals surface area contributed by atoms with E-state index in [-0.39, 0.29) is 14.9 Å². The van der Waals surface area contributed by atoms with Gasteiger partial charge in [0, 0.05) is 12.2 Å². The Balaban J connectivity index is -0.000000107. The molecular weight excluding hydrogens is 268 g/mol. The minimum atomic E-state index is 0. The van der Waals surface area contributed by atoms with Crippen LogP contribution in [0, 0.1) is 0 Å². The summed E-state index contributed by atoms with van der Waals surface area (Å²) < 4.78 is 0. The Labute approximate surface area is 139 Å². The smallest absolute Gasteiger partial charge is 0.0313 e. The van der Waals surface area contributed by atoms with Gasteiger partial charge in [-0.3, -0.25) is 0 Å². The number of nitrogens with two attached hydrogens (primary N) is 2. The van der Waals surface area contributed by atoms with Gasteiger partial charge < -0.3 is 11.5 Å². The van der Waals surface area contributed by atoms with Crippen molar-refractivity contribution in [1.82, 2.24) is 0 Å². The lowest BCUT2D eigenvalue weighted by Gasteiger charge is -1.90. The largest absolute Gasteiger partial charge is 0.399 e. The predicted octanol–water partition coefficient (Wildman–Crippen LogP) is 6.13. The molecule has 4 N–H and O–H groups in total. The first-order chi connectivity index (χ1) is 9.74. The van der Waals surface area contributed by atoms with Gasteiger partial charge in [0.25, 0.3) is 0 Å². The number of anilines is 1. The molecule has 0 heterocycles. The molecule has 2 rings (SSSR count). The summed E-state index contributed by atoms with van der Waals surface area (Å²) >= 11 is 0. The van der Waals surface area contributed by atoms with Crippen molar-refractivity contribution in [2.75, 3.05) is 5.73 Å². The first-order valence-electron chi connectivity index (χ1n) is 7.29. The Morgan fingerprint density at radius 3 is 1.23 bits per heavy atom. The van der Waals surface area contributed by atoms with Crippen LogP contribution in [0.4, 0.5) is 5.69 Å². The lowest BCUT2D eigenvalue weighted by molar-refractivity contribution is 1.07. The maximum absolute atomic E-state index is 5.36. The van der Waals surface area contributed by atoms with E-state index in [0.717, 1.165) is 5.69 Å². The number of hydrogen-bond acceptors (Lipinski definition) is 2. The fourth-order valence-electron chi connectivity index (χ4n) is 1.07. The molecule has 22 heavy (non-hydrogen) atoms. The molecule has 0 radical (unpaired) electrons. The summed E-state index contributed by atoms with van der Waals surface area (Å²) in [6.45, 7) is 8.89. The van der Waals surface area contributed by atoms with Crippen molar-refractivity contribution in [2.45, 2.75) is 55.5 Å². The normalized spacial score (nSPS) is 7.14. The van der Waals surface area contributed by atoms with Crippen LogP contribution in [-0.4, -0.2) is 0 Å². The Hall–Kier alpha value is -1.80. The van der Waals surface area contributed by atoms with Crippen LogP contribution in [0.25, 0.3) is 0 Å². The minimum Gasteiger partial charge on any atom is -0.399 e. The summed E-state index contributed by atoms with van der Waals surface area (Å²) in [7, 11) is 0. The lowest BCUT2D eigenvalue weighted by atomic mass is 10.2. The van der Waals surface area contributed by atoms with E-state index < -0.39 is 0 Å². The molecular formula is C20H38N2. The van der Waals surface area contributed by atoms with Gasteiger partial charge in [-0.05, 0) is 17.7 Å².